The predicted molar refractivity (Wildman–Crippen MR) is 57.0 cm³/mol. The van der Waals surface area contributed by atoms with Crippen molar-refractivity contribution < 1.29 is 9.47 Å². The van der Waals surface area contributed by atoms with E-state index in [1.54, 1.807) is 0 Å². The molecule has 1 unspecified atom stereocenters. The molecule has 1 aliphatic rings. The van der Waals surface area contributed by atoms with Crippen molar-refractivity contribution in [3.8, 4) is 0 Å². The first-order chi connectivity index (χ1) is 6.60. The zero-order valence-electron chi connectivity index (χ0n) is 9.88. The Morgan fingerprint density at radius 3 is 2.64 bits per heavy atom. The molecule has 0 radical (unpaired) electrons. The Labute approximate surface area is 87.4 Å². The molecule has 3 nitrogen and oxygen atoms in total. The monoisotopic (exact) mass is 201 g/mol. The van der Waals surface area contributed by atoms with Crippen molar-refractivity contribution in [2.24, 2.45) is 5.41 Å². The number of ether oxygens (including phenoxy) is 2. The van der Waals surface area contributed by atoms with Gasteiger partial charge in [-0.1, -0.05) is 20.8 Å². The van der Waals surface area contributed by atoms with E-state index in [-0.39, 0.29) is 11.7 Å². The predicted octanol–water partition coefficient (Wildman–Crippen LogP) is 2.07. The van der Waals surface area contributed by atoms with Gasteiger partial charge < -0.3 is 9.47 Å². The topological polar surface area (TPSA) is 21.7 Å². The van der Waals surface area contributed by atoms with E-state index in [1.807, 2.05) is 6.92 Å². The van der Waals surface area contributed by atoms with Crippen LogP contribution in [-0.4, -0.2) is 37.6 Å². The van der Waals surface area contributed by atoms with E-state index < -0.39 is 0 Å². The van der Waals surface area contributed by atoms with E-state index in [1.165, 1.54) is 6.42 Å². The summed E-state index contributed by atoms with van der Waals surface area (Å²) in [5, 5.41) is 0. The Hall–Kier alpha value is -0.120. The van der Waals surface area contributed by atoms with E-state index in [0.717, 1.165) is 19.7 Å². The van der Waals surface area contributed by atoms with Crippen LogP contribution in [0, 0.1) is 5.41 Å². The summed E-state index contributed by atoms with van der Waals surface area (Å²) in [4.78, 5) is 2.34. The van der Waals surface area contributed by atoms with E-state index >= 15 is 0 Å². The summed E-state index contributed by atoms with van der Waals surface area (Å²) >= 11 is 0. The molecule has 0 aromatic carbocycles. The van der Waals surface area contributed by atoms with Crippen molar-refractivity contribution in [1.82, 2.24) is 4.90 Å². The molecule has 0 aromatic rings. The van der Waals surface area contributed by atoms with Crippen molar-refractivity contribution in [3.05, 3.63) is 0 Å². The van der Waals surface area contributed by atoms with Crippen molar-refractivity contribution in [1.29, 1.82) is 0 Å². The molecule has 84 valence electrons. The third-order valence-corrected chi connectivity index (χ3v) is 2.54. The van der Waals surface area contributed by atoms with E-state index in [9.17, 15) is 0 Å². The van der Waals surface area contributed by atoms with Gasteiger partial charge in [0.1, 0.15) is 6.73 Å². The van der Waals surface area contributed by atoms with E-state index in [0.29, 0.717) is 6.73 Å². The largest absolute Gasteiger partial charge is 0.352 e. The standard InChI is InChI=1S/C11H23NO2/c1-5-7-12-8-11(3,4)10(13-6-2)14-9-12/h10H,5-9H2,1-4H3. The molecule has 14 heavy (non-hydrogen) atoms. The Morgan fingerprint density at radius 2 is 2.14 bits per heavy atom. The molecule has 1 atom stereocenters. The van der Waals surface area contributed by atoms with Crippen molar-refractivity contribution in [2.45, 2.75) is 40.4 Å². The highest BCUT2D eigenvalue weighted by molar-refractivity contribution is 4.80. The van der Waals surface area contributed by atoms with Crippen LogP contribution in [0.2, 0.25) is 0 Å². The molecule has 1 heterocycles. The molecule has 0 amide bonds. The minimum absolute atomic E-state index is 0.0411. The highest BCUT2D eigenvalue weighted by Crippen LogP contribution is 2.29. The van der Waals surface area contributed by atoms with Gasteiger partial charge in [0.05, 0.1) is 0 Å². The lowest BCUT2D eigenvalue weighted by Crippen LogP contribution is -2.51. The Bertz CT molecular complexity index is 171. The Morgan fingerprint density at radius 1 is 1.43 bits per heavy atom. The van der Waals surface area contributed by atoms with Gasteiger partial charge >= 0.3 is 0 Å². The maximum atomic E-state index is 5.70. The molecule has 1 rings (SSSR count). The van der Waals surface area contributed by atoms with Gasteiger partial charge in [0.15, 0.2) is 6.29 Å². The van der Waals surface area contributed by atoms with Gasteiger partial charge in [-0.3, -0.25) is 4.90 Å². The van der Waals surface area contributed by atoms with Crippen LogP contribution in [-0.2, 0) is 9.47 Å². The molecule has 3 heteroatoms. The normalized spacial score (nSPS) is 27.9. The van der Waals surface area contributed by atoms with Crippen LogP contribution >= 0.6 is 0 Å². The van der Waals surface area contributed by atoms with Crippen LogP contribution in [0.25, 0.3) is 0 Å². The fourth-order valence-electron chi connectivity index (χ4n) is 1.98. The second-order valence-corrected chi connectivity index (χ2v) is 4.62. The van der Waals surface area contributed by atoms with Crippen LogP contribution in [0.3, 0.4) is 0 Å². The van der Waals surface area contributed by atoms with Crippen LogP contribution in [0.4, 0.5) is 0 Å². The van der Waals surface area contributed by atoms with Gasteiger partial charge in [0.25, 0.3) is 0 Å². The third-order valence-electron chi connectivity index (χ3n) is 2.54. The molecule has 1 fully saturated rings. The molecule has 0 aliphatic carbocycles. The average Bonchev–Trinajstić information content (AvgIpc) is 2.10. The van der Waals surface area contributed by atoms with E-state index in [2.05, 4.69) is 25.7 Å². The quantitative estimate of drug-likeness (QED) is 0.695. The van der Waals surface area contributed by atoms with Gasteiger partial charge in [-0.25, -0.2) is 0 Å². The summed E-state index contributed by atoms with van der Waals surface area (Å²) in [5.41, 5.74) is 0.101. The number of hydrogen-bond donors (Lipinski definition) is 0. The molecular formula is C11H23NO2. The molecule has 0 saturated carbocycles. The molecule has 1 aliphatic heterocycles. The average molecular weight is 201 g/mol. The molecule has 0 N–H and O–H groups in total. The first-order valence-electron chi connectivity index (χ1n) is 5.55. The van der Waals surface area contributed by atoms with Gasteiger partial charge in [0, 0.05) is 25.1 Å². The second kappa shape index (κ2) is 5.10. The molecule has 1 saturated heterocycles. The zero-order chi connectivity index (χ0) is 10.6. The number of nitrogens with zero attached hydrogens (tertiary/aromatic N) is 1. The van der Waals surface area contributed by atoms with Crippen molar-refractivity contribution in [3.63, 3.8) is 0 Å². The molecule has 0 spiro atoms. The highest BCUT2D eigenvalue weighted by Gasteiger charge is 2.37. The number of rotatable bonds is 4. The lowest BCUT2D eigenvalue weighted by molar-refractivity contribution is -0.252. The fourth-order valence-corrected chi connectivity index (χ4v) is 1.98. The summed E-state index contributed by atoms with van der Waals surface area (Å²) < 4.78 is 11.3. The first kappa shape index (κ1) is 12.0. The fraction of sp³-hybridized carbons (Fsp3) is 1.00. The summed E-state index contributed by atoms with van der Waals surface area (Å²) in [6, 6.07) is 0. The van der Waals surface area contributed by atoms with Crippen molar-refractivity contribution in [2.75, 3.05) is 26.4 Å². The smallest absolute Gasteiger partial charge is 0.165 e. The summed E-state index contributed by atoms with van der Waals surface area (Å²) in [6.45, 7) is 12.2. The van der Waals surface area contributed by atoms with Crippen LogP contribution in [0.15, 0.2) is 0 Å². The maximum Gasteiger partial charge on any atom is 0.165 e. The summed E-state index contributed by atoms with van der Waals surface area (Å²) in [5.74, 6) is 0. The first-order valence-corrected chi connectivity index (χ1v) is 5.55. The zero-order valence-corrected chi connectivity index (χ0v) is 9.88. The minimum Gasteiger partial charge on any atom is -0.352 e. The summed E-state index contributed by atoms with van der Waals surface area (Å²) in [6.07, 6.45) is 1.14. The summed E-state index contributed by atoms with van der Waals surface area (Å²) in [7, 11) is 0. The lowest BCUT2D eigenvalue weighted by atomic mass is 9.90. The Balaban J connectivity index is 2.47. The van der Waals surface area contributed by atoms with Crippen molar-refractivity contribution >= 4 is 0 Å². The van der Waals surface area contributed by atoms with Gasteiger partial charge in [0.2, 0.25) is 0 Å². The maximum absolute atomic E-state index is 5.70. The van der Waals surface area contributed by atoms with E-state index in [4.69, 9.17) is 9.47 Å². The molecule has 0 aromatic heterocycles. The van der Waals surface area contributed by atoms with Gasteiger partial charge in [-0.2, -0.15) is 0 Å². The van der Waals surface area contributed by atoms with Crippen LogP contribution in [0.5, 0.6) is 0 Å². The van der Waals surface area contributed by atoms with Crippen LogP contribution < -0.4 is 0 Å². The number of hydrogen-bond acceptors (Lipinski definition) is 3. The van der Waals surface area contributed by atoms with Gasteiger partial charge in [-0.05, 0) is 13.3 Å². The molecular weight excluding hydrogens is 178 g/mol. The van der Waals surface area contributed by atoms with Crippen LogP contribution in [0.1, 0.15) is 34.1 Å². The SMILES string of the molecule is CCCN1COC(OCC)C(C)(C)C1. The third kappa shape index (κ3) is 2.94. The molecule has 0 bridgehead atoms. The minimum atomic E-state index is -0.0411. The lowest BCUT2D eigenvalue weighted by Gasteiger charge is -2.43. The van der Waals surface area contributed by atoms with Gasteiger partial charge in [-0.15, -0.1) is 0 Å². The Kier molecular flexibility index (Phi) is 4.35. The highest BCUT2D eigenvalue weighted by atomic mass is 16.7. The second-order valence-electron chi connectivity index (χ2n) is 4.62.